The summed E-state index contributed by atoms with van der Waals surface area (Å²) in [6.45, 7) is 4.62. The summed E-state index contributed by atoms with van der Waals surface area (Å²) in [6, 6.07) is 0. The van der Waals surface area contributed by atoms with Crippen LogP contribution in [0.15, 0.2) is 0 Å². The molecule has 1 aliphatic rings. The lowest BCUT2D eigenvalue weighted by Crippen LogP contribution is -2.22. The fraction of sp³-hybridized carbons (Fsp3) is 0.800. The molecule has 1 N–H and O–H groups in total. The largest absolute Gasteiger partial charge is 0.481 e. The van der Waals surface area contributed by atoms with Crippen LogP contribution in [0.5, 0.6) is 0 Å². The van der Waals surface area contributed by atoms with Gasteiger partial charge in [-0.3, -0.25) is 4.79 Å². The third-order valence-electron chi connectivity index (χ3n) is 3.14. The number of aromatic nitrogens is 4. The Kier molecular flexibility index (Phi) is 3.37. The van der Waals surface area contributed by atoms with Gasteiger partial charge in [0.15, 0.2) is 5.82 Å². The Bertz CT molecular complexity index is 406. The van der Waals surface area contributed by atoms with Crippen LogP contribution in [0.2, 0.25) is 0 Å². The van der Waals surface area contributed by atoms with E-state index in [0.29, 0.717) is 13.2 Å². The molecular weight excluding hydrogens is 224 g/mol. The van der Waals surface area contributed by atoms with Gasteiger partial charge < -0.3 is 9.84 Å². The lowest BCUT2D eigenvalue weighted by atomic mass is 10.0. The van der Waals surface area contributed by atoms with Crippen molar-refractivity contribution in [3.05, 3.63) is 5.82 Å². The summed E-state index contributed by atoms with van der Waals surface area (Å²) in [5, 5.41) is 20.4. The number of tetrazole rings is 1. The van der Waals surface area contributed by atoms with Gasteiger partial charge in [0.05, 0.1) is 18.6 Å². The van der Waals surface area contributed by atoms with E-state index in [1.807, 2.05) is 6.92 Å². The number of carboxylic acids is 1. The molecule has 17 heavy (non-hydrogen) atoms. The van der Waals surface area contributed by atoms with Crippen LogP contribution in [-0.2, 0) is 16.1 Å². The molecule has 1 aliphatic heterocycles. The second kappa shape index (κ2) is 4.79. The van der Waals surface area contributed by atoms with E-state index in [0.717, 1.165) is 12.2 Å². The molecule has 2 heterocycles. The minimum Gasteiger partial charge on any atom is -0.481 e. The fourth-order valence-electron chi connectivity index (χ4n) is 2.02. The number of rotatable bonds is 4. The topological polar surface area (TPSA) is 90.1 Å². The van der Waals surface area contributed by atoms with Gasteiger partial charge in [-0.05, 0) is 23.8 Å². The maximum absolute atomic E-state index is 10.8. The average molecular weight is 240 g/mol. The first kappa shape index (κ1) is 12.0. The van der Waals surface area contributed by atoms with E-state index in [1.165, 1.54) is 0 Å². The van der Waals surface area contributed by atoms with Gasteiger partial charge in [0, 0.05) is 12.5 Å². The van der Waals surface area contributed by atoms with Crippen molar-refractivity contribution >= 4 is 5.97 Å². The molecule has 7 nitrogen and oxygen atoms in total. The zero-order chi connectivity index (χ0) is 12.4. The molecule has 0 saturated carbocycles. The summed E-state index contributed by atoms with van der Waals surface area (Å²) >= 11 is 0. The van der Waals surface area contributed by atoms with E-state index in [1.54, 1.807) is 11.6 Å². The monoisotopic (exact) mass is 240 g/mol. The molecule has 94 valence electrons. The van der Waals surface area contributed by atoms with E-state index in [4.69, 9.17) is 9.84 Å². The van der Waals surface area contributed by atoms with Crippen LogP contribution < -0.4 is 0 Å². The summed E-state index contributed by atoms with van der Waals surface area (Å²) in [5.41, 5.74) is 0. The van der Waals surface area contributed by atoms with Crippen molar-refractivity contribution in [2.24, 2.45) is 5.92 Å². The predicted molar refractivity (Wildman–Crippen MR) is 57.4 cm³/mol. The van der Waals surface area contributed by atoms with Crippen LogP contribution in [0.3, 0.4) is 0 Å². The molecule has 1 fully saturated rings. The van der Waals surface area contributed by atoms with E-state index in [2.05, 4.69) is 15.5 Å². The van der Waals surface area contributed by atoms with Crippen LogP contribution in [0, 0.1) is 5.92 Å². The summed E-state index contributed by atoms with van der Waals surface area (Å²) in [7, 11) is 0. The Morgan fingerprint density at radius 3 is 3.06 bits per heavy atom. The van der Waals surface area contributed by atoms with Crippen LogP contribution in [0.1, 0.15) is 32.0 Å². The number of nitrogens with zero attached hydrogens (tertiary/aromatic N) is 4. The molecule has 0 bridgehead atoms. The van der Waals surface area contributed by atoms with Crippen molar-refractivity contribution in [2.45, 2.75) is 38.8 Å². The molecule has 3 atom stereocenters. The highest BCUT2D eigenvalue weighted by atomic mass is 16.5. The summed E-state index contributed by atoms with van der Waals surface area (Å²) in [6.07, 6.45) is 0.961. The minimum atomic E-state index is -0.845. The molecule has 7 heteroatoms. The number of hydrogen-bond donors (Lipinski definition) is 1. The highest BCUT2D eigenvalue weighted by Crippen LogP contribution is 2.29. The van der Waals surface area contributed by atoms with Crippen molar-refractivity contribution in [1.82, 2.24) is 20.2 Å². The van der Waals surface area contributed by atoms with E-state index in [-0.39, 0.29) is 12.0 Å². The maximum atomic E-state index is 10.8. The lowest BCUT2D eigenvalue weighted by Gasteiger charge is -2.14. The van der Waals surface area contributed by atoms with Crippen molar-refractivity contribution in [3.8, 4) is 0 Å². The third-order valence-corrected chi connectivity index (χ3v) is 3.14. The normalized spacial score (nSPS) is 26.0. The zero-order valence-electron chi connectivity index (χ0n) is 9.91. The number of carboxylic acid groups (broad SMARTS) is 1. The smallest absolute Gasteiger partial charge is 0.308 e. The van der Waals surface area contributed by atoms with Crippen LogP contribution in [0.4, 0.5) is 0 Å². The van der Waals surface area contributed by atoms with Gasteiger partial charge in [0.2, 0.25) is 0 Å². The second-order valence-electron chi connectivity index (χ2n) is 4.43. The summed E-state index contributed by atoms with van der Waals surface area (Å²) in [5.74, 6) is -0.467. The molecule has 3 unspecified atom stereocenters. The number of hydrogen-bond acceptors (Lipinski definition) is 5. The molecule has 0 amide bonds. The van der Waals surface area contributed by atoms with E-state index < -0.39 is 11.9 Å². The van der Waals surface area contributed by atoms with Gasteiger partial charge in [-0.2, -0.15) is 0 Å². The first-order chi connectivity index (χ1) is 8.09. The van der Waals surface area contributed by atoms with Crippen LogP contribution in [0.25, 0.3) is 0 Å². The number of ether oxygens (including phenoxy) is 1. The van der Waals surface area contributed by atoms with Gasteiger partial charge in [0.1, 0.15) is 0 Å². The SMILES string of the molecule is CC(Cn1nnnc1C1CCOC1C)C(=O)O. The molecule has 2 rings (SSSR count). The Labute approximate surface area is 98.8 Å². The Hall–Kier alpha value is -1.50. The summed E-state index contributed by atoms with van der Waals surface area (Å²) in [4.78, 5) is 10.8. The fourth-order valence-corrected chi connectivity index (χ4v) is 2.02. The van der Waals surface area contributed by atoms with Crippen LogP contribution in [-0.4, -0.2) is 44.0 Å². The highest BCUT2D eigenvalue weighted by Gasteiger charge is 2.31. The van der Waals surface area contributed by atoms with Crippen molar-refractivity contribution in [1.29, 1.82) is 0 Å². The molecule has 0 aliphatic carbocycles. The van der Waals surface area contributed by atoms with E-state index in [9.17, 15) is 4.79 Å². The quantitative estimate of drug-likeness (QED) is 0.813. The Morgan fingerprint density at radius 2 is 2.47 bits per heavy atom. The molecule has 0 spiro atoms. The van der Waals surface area contributed by atoms with Crippen molar-refractivity contribution in [3.63, 3.8) is 0 Å². The number of aliphatic carboxylic acids is 1. The van der Waals surface area contributed by atoms with Gasteiger partial charge in [-0.15, -0.1) is 5.10 Å². The molecule has 1 aromatic rings. The lowest BCUT2D eigenvalue weighted by molar-refractivity contribution is -0.141. The highest BCUT2D eigenvalue weighted by molar-refractivity contribution is 5.69. The van der Waals surface area contributed by atoms with Gasteiger partial charge in [-0.25, -0.2) is 4.68 Å². The maximum Gasteiger partial charge on any atom is 0.308 e. The zero-order valence-corrected chi connectivity index (χ0v) is 9.91. The van der Waals surface area contributed by atoms with Crippen molar-refractivity contribution in [2.75, 3.05) is 6.61 Å². The molecular formula is C10H16N4O3. The first-order valence-electron chi connectivity index (χ1n) is 5.70. The molecule has 0 aromatic carbocycles. The minimum absolute atomic E-state index is 0.0832. The first-order valence-corrected chi connectivity index (χ1v) is 5.70. The average Bonchev–Trinajstić information content (AvgIpc) is 2.86. The summed E-state index contributed by atoms with van der Waals surface area (Å²) < 4.78 is 7.05. The van der Waals surface area contributed by atoms with E-state index >= 15 is 0 Å². The van der Waals surface area contributed by atoms with Gasteiger partial charge >= 0.3 is 5.97 Å². The predicted octanol–water partition coefficient (Wildman–Crippen LogP) is 0.286. The molecule has 0 radical (unpaired) electrons. The Morgan fingerprint density at radius 1 is 1.71 bits per heavy atom. The van der Waals surface area contributed by atoms with Gasteiger partial charge in [-0.1, -0.05) is 6.92 Å². The van der Waals surface area contributed by atoms with Gasteiger partial charge in [0.25, 0.3) is 0 Å². The van der Waals surface area contributed by atoms with Crippen LogP contribution >= 0.6 is 0 Å². The standard InChI is InChI=1S/C10H16N4O3/c1-6(10(15)16)5-14-9(11-12-13-14)8-3-4-17-7(8)2/h6-8H,3-5H2,1-2H3,(H,15,16). The second-order valence-corrected chi connectivity index (χ2v) is 4.43. The number of carbonyl (C=O) groups is 1. The molecule has 1 saturated heterocycles. The molecule has 1 aromatic heterocycles. The Balaban J connectivity index is 2.14. The third kappa shape index (κ3) is 2.44. The van der Waals surface area contributed by atoms with Crippen molar-refractivity contribution < 1.29 is 14.6 Å².